The molecule has 0 rings (SSSR count). The van der Waals surface area contributed by atoms with E-state index >= 15 is 0 Å². The van der Waals surface area contributed by atoms with Crippen molar-refractivity contribution in [2.24, 2.45) is 4.99 Å². The lowest BCUT2D eigenvalue weighted by Gasteiger charge is -2.24. The molecule has 0 radical (unpaired) electrons. The molecule has 0 heterocycles. The molecular formula is C27H41N5O9. The fourth-order valence-electron chi connectivity index (χ4n) is 3.09. The first-order valence-corrected chi connectivity index (χ1v) is 13.0. The molecule has 0 aromatic carbocycles. The topological polar surface area (TPSA) is 222 Å². The highest BCUT2D eigenvalue weighted by Crippen LogP contribution is 2.13. The van der Waals surface area contributed by atoms with Crippen molar-refractivity contribution in [3.05, 3.63) is 0 Å². The zero-order valence-electron chi connectivity index (χ0n) is 24.7. The van der Waals surface area contributed by atoms with Crippen LogP contribution in [0, 0.1) is 10.8 Å². The number of esters is 2. The minimum atomic E-state index is -1.40. The van der Waals surface area contributed by atoms with E-state index in [4.69, 9.17) is 20.3 Å². The van der Waals surface area contributed by atoms with Crippen molar-refractivity contribution >= 4 is 59.4 Å². The van der Waals surface area contributed by atoms with Gasteiger partial charge in [-0.3, -0.25) is 24.0 Å². The van der Waals surface area contributed by atoms with Gasteiger partial charge < -0.3 is 30.9 Å². The van der Waals surface area contributed by atoms with Gasteiger partial charge in [0.2, 0.25) is 11.8 Å². The molecule has 0 aliphatic carbocycles. The van der Waals surface area contributed by atoms with Crippen LogP contribution in [0.2, 0.25) is 0 Å². The molecule has 41 heavy (non-hydrogen) atoms. The first-order chi connectivity index (χ1) is 18.8. The van der Waals surface area contributed by atoms with E-state index in [1.54, 1.807) is 41.5 Å². The Kier molecular flexibility index (Phi) is 15.2. The predicted molar refractivity (Wildman–Crippen MR) is 149 cm³/mol. The van der Waals surface area contributed by atoms with E-state index in [-0.39, 0.29) is 38.5 Å². The fourth-order valence-corrected chi connectivity index (χ4v) is 3.09. The van der Waals surface area contributed by atoms with E-state index in [1.165, 1.54) is 6.92 Å². The van der Waals surface area contributed by atoms with Crippen LogP contribution in [0.4, 0.5) is 0 Å². The van der Waals surface area contributed by atoms with E-state index in [1.807, 2.05) is 0 Å². The Bertz CT molecular complexity index is 1070. The third kappa shape index (κ3) is 17.3. The lowest BCUT2D eigenvalue weighted by molar-refractivity contribution is -0.158. The number of rotatable bonds is 16. The second-order valence-electron chi connectivity index (χ2n) is 11.1. The van der Waals surface area contributed by atoms with Crippen LogP contribution in [0.5, 0.6) is 0 Å². The number of carbonyl (C=O) groups is 7. The van der Waals surface area contributed by atoms with Crippen molar-refractivity contribution in [2.75, 3.05) is 0 Å². The second kappa shape index (κ2) is 16.9. The van der Waals surface area contributed by atoms with Crippen molar-refractivity contribution in [2.45, 2.75) is 110 Å². The zero-order chi connectivity index (χ0) is 32.0. The molecule has 0 aromatic heterocycles. The standard InChI is InChI=1S/C27H41N5O9/c1-16(33)30-20(24(38)40-26(2,3)4)12-13-22(36)31-19(10-8-17(34)14-28)23(37)32-21(11-9-18(35)15-29)25(39)41-27(5,6)7/h14-15,19-20,28-29H,8-13H2,1-7H3,(H,30,33)(H,31,36)/t19-,20-/m0/s1. The highest BCUT2D eigenvalue weighted by Gasteiger charge is 2.29. The molecule has 0 saturated heterocycles. The Labute approximate surface area is 239 Å². The Morgan fingerprint density at radius 1 is 0.732 bits per heavy atom. The molecule has 14 nitrogen and oxygen atoms in total. The van der Waals surface area contributed by atoms with Gasteiger partial charge in [0.05, 0.1) is 12.4 Å². The minimum absolute atomic E-state index is 0.168. The van der Waals surface area contributed by atoms with Crippen LogP contribution < -0.4 is 10.6 Å². The van der Waals surface area contributed by atoms with Gasteiger partial charge in [0.25, 0.3) is 5.91 Å². The summed E-state index contributed by atoms with van der Waals surface area (Å²) < 4.78 is 10.5. The molecule has 0 aliphatic heterocycles. The summed E-state index contributed by atoms with van der Waals surface area (Å²) in [7, 11) is 0. The summed E-state index contributed by atoms with van der Waals surface area (Å²) in [5.74, 6) is -5.22. The predicted octanol–water partition coefficient (Wildman–Crippen LogP) is 1.40. The number of nitrogens with zero attached hydrogens (tertiary/aromatic N) is 1. The monoisotopic (exact) mass is 579 g/mol. The van der Waals surface area contributed by atoms with Gasteiger partial charge in [-0.2, -0.15) is 0 Å². The van der Waals surface area contributed by atoms with E-state index < -0.39 is 70.2 Å². The number of hydrogen-bond acceptors (Lipinski definition) is 11. The number of aliphatic imine (C=N–C) groups is 1. The molecule has 0 aliphatic rings. The van der Waals surface area contributed by atoms with Crippen molar-refractivity contribution < 1.29 is 43.0 Å². The number of amides is 3. The number of Topliss-reactive ketones (excluding diaryl/α,β-unsaturated/α-hetero) is 2. The average Bonchev–Trinajstić information content (AvgIpc) is 2.83. The van der Waals surface area contributed by atoms with Gasteiger partial charge in [0.15, 0.2) is 11.6 Å². The van der Waals surface area contributed by atoms with Crippen LogP contribution in [0.3, 0.4) is 0 Å². The Morgan fingerprint density at radius 2 is 1.24 bits per heavy atom. The van der Waals surface area contributed by atoms with Crippen LogP contribution in [-0.4, -0.2) is 82.7 Å². The summed E-state index contributed by atoms with van der Waals surface area (Å²) >= 11 is 0. The smallest absolute Gasteiger partial charge is 0.353 e. The molecule has 0 unspecified atom stereocenters. The molecule has 3 amide bonds. The summed E-state index contributed by atoms with van der Waals surface area (Å²) in [6.07, 6.45) is -0.550. The van der Waals surface area contributed by atoms with E-state index in [9.17, 15) is 33.6 Å². The van der Waals surface area contributed by atoms with Gasteiger partial charge in [-0.25, -0.2) is 14.6 Å². The third-order valence-corrected chi connectivity index (χ3v) is 4.85. The number of hydrogen-bond donors (Lipinski definition) is 4. The first kappa shape index (κ1) is 36.9. The molecular weight excluding hydrogens is 538 g/mol. The van der Waals surface area contributed by atoms with Gasteiger partial charge in [0, 0.05) is 32.6 Å². The zero-order valence-corrected chi connectivity index (χ0v) is 24.7. The number of nitrogens with one attached hydrogen (secondary N) is 4. The minimum Gasteiger partial charge on any atom is -0.458 e. The van der Waals surface area contributed by atoms with E-state index in [2.05, 4.69) is 15.6 Å². The van der Waals surface area contributed by atoms with Crippen molar-refractivity contribution in [1.82, 2.24) is 10.6 Å². The van der Waals surface area contributed by atoms with Crippen LogP contribution in [0.1, 0.15) is 87.0 Å². The normalized spacial score (nSPS) is 13.2. The summed E-state index contributed by atoms with van der Waals surface area (Å²) in [6, 6.07) is -2.54. The average molecular weight is 580 g/mol. The molecule has 0 fully saturated rings. The van der Waals surface area contributed by atoms with Gasteiger partial charge in [-0.1, -0.05) is 0 Å². The van der Waals surface area contributed by atoms with Gasteiger partial charge in [-0.05, 0) is 54.4 Å². The van der Waals surface area contributed by atoms with Crippen LogP contribution in [-0.2, 0) is 43.0 Å². The molecule has 4 N–H and O–H groups in total. The summed E-state index contributed by atoms with van der Waals surface area (Å²) in [5.41, 5.74) is -2.20. The van der Waals surface area contributed by atoms with Crippen molar-refractivity contribution in [1.29, 1.82) is 10.8 Å². The maximum atomic E-state index is 13.1. The SMILES string of the molecule is CC(=O)N[C@@H](CCC(=O)N[C@@H](CCC(=O)C=N)C(=O)N=C(CCC(=O)C=N)C(=O)OC(C)(C)C)C(=O)OC(C)(C)C. The first-order valence-electron chi connectivity index (χ1n) is 13.0. The highest BCUT2D eigenvalue weighted by molar-refractivity contribution is 6.39. The second-order valence-corrected chi connectivity index (χ2v) is 11.1. The largest absolute Gasteiger partial charge is 0.458 e. The molecule has 228 valence electrons. The third-order valence-electron chi connectivity index (χ3n) is 4.85. The lowest BCUT2D eigenvalue weighted by atomic mass is 10.1. The maximum Gasteiger partial charge on any atom is 0.353 e. The van der Waals surface area contributed by atoms with Crippen LogP contribution >= 0.6 is 0 Å². The highest BCUT2D eigenvalue weighted by atomic mass is 16.6. The van der Waals surface area contributed by atoms with Gasteiger partial charge >= 0.3 is 11.9 Å². The van der Waals surface area contributed by atoms with Gasteiger partial charge in [-0.15, -0.1) is 0 Å². The molecule has 0 bridgehead atoms. The van der Waals surface area contributed by atoms with E-state index in [0.29, 0.717) is 12.4 Å². The van der Waals surface area contributed by atoms with E-state index in [0.717, 1.165) is 0 Å². The Hall–Kier alpha value is -4.10. The Balaban J connectivity index is 5.92. The van der Waals surface area contributed by atoms with Crippen molar-refractivity contribution in [3.63, 3.8) is 0 Å². The van der Waals surface area contributed by atoms with Crippen molar-refractivity contribution in [3.8, 4) is 0 Å². The van der Waals surface area contributed by atoms with Crippen LogP contribution in [0.25, 0.3) is 0 Å². The number of carbonyl (C=O) groups excluding carboxylic acids is 7. The quantitative estimate of drug-likeness (QED) is 0.153. The fraction of sp³-hybridized carbons (Fsp3) is 0.630. The van der Waals surface area contributed by atoms with Gasteiger partial charge in [0.1, 0.15) is 29.0 Å². The number of ketones is 2. The molecule has 14 heteroatoms. The summed E-state index contributed by atoms with van der Waals surface area (Å²) in [5, 5.41) is 18.9. The number of ether oxygens (including phenoxy) is 2. The van der Waals surface area contributed by atoms with Crippen LogP contribution in [0.15, 0.2) is 4.99 Å². The summed E-state index contributed by atoms with van der Waals surface area (Å²) in [6.45, 7) is 10.9. The molecule has 2 atom stereocenters. The maximum absolute atomic E-state index is 13.1. The molecule has 0 spiro atoms. The molecule has 0 saturated carbocycles. The molecule has 0 aromatic rings. The lowest BCUT2D eigenvalue weighted by Crippen LogP contribution is -2.45. The Morgan fingerprint density at radius 3 is 1.73 bits per heavy atom. The summed E-state index contributed by atoms with van der Waals surface area (Å²) in [4.78, 5) is 89.7.